The van der Waals surface area contributed by atoms with Crippen LogP contribution in [0, 0.1) is 0 Å². The van der Waals surface area contributed by atoms with E-state index in [1.54, 1.807) is 0 Å². The van der Waals surface area contributed by atoms with Crippen molar-refractivity contribution in [1.82, 2.24) is 10.2 Å². The number of carbonyl (C=O) groups is 1. The van der Waals surface area contributed by atoms with Crippen molar-refractivity contribution in [3.05, 3.63) is 28.7 Å². The first-order valence-corrected chi connectivity index (χ1v) is 6.94. The van der Waals surface area contributed by atoms with Gasteiger partial charge in [-0.2, -0.15) is 0 Å². The minimum Gasteiger partial charge on any atom is -0.335 e. The Morgan fingerprint density at radius 3 is 2.78 bits per heavy atom. The van der Waals surface area contributed by atoms with Gasteiger partial charge in [0.15, 0.2) is 0 Å². The predicted molar refractivity (Wildman–Crippen MR) is 76.8 cm³/mol. The molecule has 0 radical (unpaired) electrons. The fraction of sp³-hybridized carbons (Fsp3) is 0.462. The van der Waals surface area contributed by atoms with Crippen molar-refractivity contribution in [2.45, 2.75) is 18.9 Å². The van der Waals surface area contributed by atoms with Gasteiger partial charge in [0.25, 0.3) is 0 Å². The fourth-order valence-corrected chi connectivity index (χ4v) is 2.47. The highest BCUT2D eigenvalue weighted by atomic mass is 79.9. The highest BCUT2D eigenvalue weighted by Gasteiger charge is 2.18. The van der Waals surface area contributed by atoms with Gasteiger partial charge < -0.3 is 15.5 Å². The smallest absolute Gasteiger partial charge is 0.319 e. The minimum atomic E-state index is -0.123. The molecule has 1 aliphatic heterocycles. The molecule has 18 heavy (non-hydrogen) atoms. The van der Waals surface area contributed by atoms with Crippen molar-refractivity contribution in [3.63, 3.8) is 0 Å². The molecule has 0 spiro atoms. The number of benzene rings is 1. The molecular formula is C13H18BrN3O. The Bertz CT molecular complexity index is 416. The number of nitrogens with zero attached hydrogens (tertiary/aromatic N) is 1. The van der Waals surface area contributed by atoms with Crippen LogP contribution in [0.25, 0.3) is 0 Å². The zero-order valence-electron chi connectivity index (χ0n) is 10.4. The summed E-state index contributed by atoms with van der Waals surface area (Å²) in [5.74, 6) is 0. The third-order valence-electron chi connectivity index (χ3n) is 3.14. The van der Waals surface area contributed by atoms with Gasteiger partial charge in [0.05, 0.1) is 0 Å². The molecule has 2 amide bonds. The Morgan fingerprint density at radius 2 is 2.11 bits per heavy atom. The molecule has 1 saturated heterocycles. The second kappa shape index (κ2) is 6.20. The maximum absolute atomic E-state index is 11.8. The van der Waals surface area contributed by atoms with E-state index in [-0.39, 0.29) is 12.1 Å². The Balaban J connectivity index is 1.82. The molecule has 1 aliphatic rings. The summed E-state index contributed by atoms with van der Waals surface area (Å²) in [7, 11) is 2.11. The molecule has 1 heterocycles. The summed E-state index contributed by atoms with van der Waals surface area (Å²) < 4.78 is 0.958. The van der Waals surface area contributed by atoms with Gasteiger partial charge in [0.1, 0.15) is 0 Å². The van der Waals surface area contributed by atoms with E-state index in [1.165, 1.54) is 0 Å². The molecule has 0 aromatic heterocycles. The number of anilines is 1. The highest BCUT2D eigenvalue weighted by molar-refractivity contribution is 9.10. The number of urea groups is 1. The first kappa shape index (κ1) is 13.4. The molecule has 5 heteroatoms. The maximum Gasteiger partial charge on any atom is 0.319 e. The van der Waals surface area contributed by atoms with Crippen molar-refractivity contribution in [2.75, 3.05) is 25.5 Å². The summed E-state index contributed by atoms with van der Waals surface area (Å²) in [5.41, 5.74) is 0.801. The van der Waals surface area contributed by atoms with Crippen LogP contribution in [0.3, 0.4) is 0 Å². The quantitative estimate of drug-likeness (QED) is 0.882. The molecule has 0 unspecified atom stereocenters. The first-order chi connectivity index (χ1) is 8.63. The van der Waals surface area contributed by atoms with E-state index >= 15 is 0 Å². The highest BCUT2D eigenvalue weighted by Crippen LogP contribution is 2.15. The average molecular weight is 312 g/mol. The van der Waals surface area contributed by atoms with Crippen molar-refractivity contribution >= 4 is 27.6 Å². The number of nitrogens with one attached hydrogen (secondary N) is 2. The molecule has 2 rings (SSSR count). The fourth-order valence-electron chi connectivity index (χ4n) is 2.07. The lowest BCUT2D eigenvalue weighted by atomic mass is 10.1. The van der Waals surface area contributed by atoms with Crippen molar-refractivity contribution in [3.8, 4) is 0 Å². The standard InChI is InChI=1S/C13H18BrN3O/c1-17-7-5-11(6-8-17)15-13(18)16-12-4-2-3-10(14)9-12/h2-4,9,11H,5-8H2,1H3,(H2,15,16,18). The van der Waals surface area contributed by atoms with Gasteiger partial charge in [-0.1, -0.05) is 22.0 Å². The Kier molecular flexibility index (Phi) is 4.60. The maximum atomic E-state index is 11.8. The van der Waals surface area contributed by atoms with E-state index in [2.05, 4.69) is 38.5 Å². The van der Waals surface area contributed by atoms with Gasteiger partial charge in [-0.25, -0.2) is 4.79 Å². The normalized spacial score (nSPS) is 17.4. The average Bonchev–Trinajstić information content (AvgIpc) is 2.32. The Labute approximate surface area is 116 Å². The third-order valence-corrected chi connectivity index (χ3v) is 3.63. The number of rotatable bonds is 2. The predicted octanol–water partition coefficient (Wildman–Crippen LogP) is 2.66. The van der Waals surface area contributed by atoms with Crippen LogP contribution in [-0.2, 0) is 0 Å². The summed E-state index contributed by atoms with van der Waals surface area (Å²) in [6.07, 6.45) is 2.03. The minimum absolute atomic E-state index is 0.123. The number of likely N-dealkylation sites (tertiary alicyclic amines) is 1. The molecule has 0 bridgehead atoms. The largest absolute Gasteiger partial charge is 0.335 e. The Hall–Kier alpha value is -1.07. The van der Waals surface area contributed by atoms with E-state index < -0.39 is 0 Å². The van der Waals surface area contributed by atoms with E-state index in [9.17, 15) is 4.79 Å². The Morgan fingerprint density at radius 1 is 1.39 bits per heavy atom. The lowest BCUT2D eigenvalue weighted by Gasteiger charge is -2.29. The molecule has 1 aromatic rings. The second-order valence-corrected chi connectivity index (χ2v) is 5.60. The monoisotopic (exact) mass is 311 g/mol. The SMILES string of the molecule is CN1CCC(NC(=O)Nc2cccc(Br)c2)CC1. The first-order valence-electron chi connectivity index (χ1n) is 6.15. The summed E-state index contributed by atoms with van der Waals surface area (Å²) in [6, 6.07) is 7.75. The van der Waals surface area contributed by atoms with E-state index in [0.717, 1.165) is 36.1 Å². The number of carbonyl (C=O) groups excluding carboxylic acids is 1. The molecule has 4 nitrogen and oxygen atoms in total. The van der Waals surface area contributed by atoms with Crippen LogP contribution >= 0.6 is 15.9 Å². The van der Waals surface area contributed by atoms with Crippen LogP contribution in [0.1, 0.15) is 12.8 Å². The molecule has 2 N–H and O–H groups in total. The van der Waals surface area contributed by atoms with E-state index in [1.807, 2.05) is 24.3 Å². The molecular weight excluding hydrogens is 294 g/mol. The lowest BCUT2D eigenvalue weighted by molar-refractivity contribution is 0.221. The van der Waals surface area contributed by atoms with Crippen LogP contribution in [0.5, 0.6) is 0 Å². The molecule has 0 atom stereocenters. The van der Waals surface area contributed by atoms with Crippen molar-refractivity contribution in [1.29, 1.82) is 0 Å². The summed E-state index contributed by atoms with van der Waals surface area (Å²) >= 11 is 3.38. The summed E-state index contributed by atoms with van der Waals surface area (Å²) in [6.45, 7) is 2.09. The van der Waals surface area contributed by atoms with Crippen molar-refractivity contribution < 1.29 is 4.79 Å². The third kappa shape index (κ3) is 3.99. The van der Waals surface area contributed by atoms with Crippen LogP contribution < -0.4 is 10.6 Å². The molecule has 1 fully saturated rings. The van der Waals surface area contributed by atoms with Crippen LogP contribution in [0.2, 0.25) is 0 Å². The summed E-state index contributed by atoms with van der Waals surface area (Å²) in [5, 5.41) is 5.86. The number of hydrogen-bond acceptors (Lipinski definition) is 2. The van der Waals surface area contributed by atoms with Gasteiger partial charge in [-0.05, 0) is 51.2 Å². The lowest BCUT2D eigenvalue weighted by Crippen LogP contribution is -2.44. The van der Waals surface area contributed by atoms with Gasteiger partial charge in [-0.15, -0.1) is 0 Å². The van der Waals surface area contributed by atoms with Gasteiger partial charge in [0.2, 0.25) is 0 Å². The van der Waals surface area contributed by atoms with Crippen LogP contribution in [0.4, 0.5) is 10.5 Å². The zero-order chi connectivity index (χ0) is 13.0. The second-order valence-electron chi connectivity index (χ2n) is 4.69. The van der Waals surface area contributed by atoms with Gasteiger partial charge >= 0.3 is 6.03 Å². The van der Waals surface area contributed by atoms with Crippen molar-refractivity contribution in [2.24, 2.45) is 0 Å². The van der Waals surface area contributed by atoms with E-state index in [0.29, 0.717) is 0 Å². The van der Waals surface area contributed by atoms with Gasteiger partial charge in [0, 0.05) is 16.2 Å². The van der Waals surface area contributed by atoms with Gasteiger partial charge in [-0.3, -0.25) is 0 Å². The molecule has 0 aliphatic carbocycles. The summed E-state index contributed by atoms with van der Waals surface area (Å²) in [4.78, 5) is 14.1. The van der Waals surface area contributed by atoms with Crippen LogP contribution in [0.15, 0.2) is 28.7 Å². The molecule has 98 valence electrons. The number of halogens is 1. The number of hydrogen-bond donors (Lipinski definition) is 2. The molecule has 1 aromatic carbocycles. The molecule has 0 saturated carbocycles. The van der Waals surface area contributed by atoms with E-state index in [4.69, 9.17) is 0 Å². The number of amides is 2. The topological polar surface area (TPSA) is 44.4 Å². The van der Waals surface area contributed by atoms with Crippen LogP contribution in [-0.4, -0.2) is 37.1 Å². The zero-order valence-corrected chi connectivity index (χ0v) is 12.0. The number of piperidine rings is 1.